The molecule has 0 aliphatic rings. The maximum Gasteiger partial charge on any atom is 0.341 e. The van der Waals surface area contributed by atoms with Crippen molar-refractivity contribution in [1.29, 1.82) is 0 Å². The normalized spacial score (nSPS) is 10.8. The number of carboxylic acid groups (broad SMARTS) is 1. The Bertz CT molecular complexity index is 683. The van der Waals surface area contributed by atoms with Gasteiger partial charge < -0.3 is 9.84 Å². The Labute approximate surface area is 127 Å². The summed E-state index contributed by atoms with van der Waals surface area (Å²) in [4.78, 5) is 15.0. The number of aliphatic imine (C=N–C) groups is 1. The minimum Gasteiger partial charge on any atom is -0.481 e. The standard InChI is InChI=1S/C16H14ClNO3/c1-11-6-7-13(17)8-14(11)18-9-12-4-2-3-5-15(12)21-10-16(19)20/h2-9H,10H2,1H3,(H,19,20). The van der Waals surface area contributed by atoms with Crippen molar-refractivity contribution in [1.82, 2.24) is 0 Å². The van der Waals surface area contributed by atoms with Crippen LogP contribution in [0.4, 0.5) is 5.69 Å². The molecule has 2 aromatic carbocycles. The molecule has 1 N–H and O–H groups in total. The highest BCUT2D eigenvalue weighted by Gasteiger charge is 2.04. The van der Waals surface area contributed by atoms with Gasteiger partial charge in [0.1, 0.15) is 5.75 Å². The molecule has 0 saturated heterocycles. The number of rotatable bonds is 5. The lowest BCUT2D eigenvalue weighted by Crippen LogP contribution is -2.10. The fraction of sp³-hybridized carbons (Fsp3) is 0.125. The fourth-order valence-electron chi connectivity index (χ4n) is 1.72. The third-order valence-electron chi connectivity index (χ3n) is 2.78. The van der Waals surface area contributed by atoms with E-state index >= 15 is 0 Å². The number of ether oxygens (including phenoxy) is 1. The third-order valence-corrected chi connectivity index (χ3v) is 3.02. The summed E-state index contributed by atoms with van der Waals surface area (Å²) in [5.74, 6) is -0.546. The van der Waals surface area contributed by atoms with Crippen LogP contribution in [-0.2, 0) is 4.79 Å². The number of hydrogen-bond donors (Lipinski definition) is 1. The first kappa shape index (κ1) is 15.1. The molecule has 0 amide bonds. The zero-order chi connectivity index (χ0) is 15.2. The van der Waals surface area contributed by atoms with E-state index in [0.29, 0.717) is 16.3 Å². The SMILES string of the molecule is Cc1ccc(Cl)cc1N=Cc1ccccc1OCC(=O)O. The Morgan fingerprint density at radius 1 is 1.33 bits per heavy atom. The number of aliphatic carboxylic acids is 1. The van der Waals surface area contributed by atoms with Gasteiger partial charge in [-0.3, -0.25) is 4.99 Å². The molecule has 108 valence electrons. The van der Waals surface area contributed by atoms with Crippen molar-refractivity contribution in [3.05, 3.63) is 58.6 Å². The Morgan fingerprint density at radius 2 is 2.10 bits per heavy atom. The summed E-state index contributed by atoms with van der Waals surface area (Å²) < 4.78 is 5.22. The molecule has 0 unspecified atom stereocenters. The van der Waals surface area contributed by atoms with Crippen molar-refractivity contribution >= 4 is 29.5 Å². The highest BCUT2D eigenvalue weighted by Crippen LogP contribution is 2.24. The Morgan fingerprint density at radius 3 is 2.86 bits per heavy atom. The highest BCUT2D eigenvalue weighted by atomic mass is 35.5. The molecule has 4 nitrogen and oxygen atoms in total. The maximum atomic E-state index is 10.6. The van der Waals surface area contributed by atoms with Crippen LogP contribution in [-0.4, -0.2) is 23.9 Å². The van der Waals surface area contributed by atoms with E-state index < -0.39 is 5.97 Å². The van der Waals surface area contributed by atoms with E-state index in [0.717, 1.165) is 11.3 Å². The lowest BCUT2D eigenvalue weighted by molar-refractivity contribution is -0.139. The first-order chi connectivity index (χ1) is 10.1. The second-order valence-corrected chi connectivity index (χ2v) is 4.85. The van der Waals surface area contributed by atoms with Gasteiger partial charge in [-0.2, -0.15) is 0 Å². The van der Waals surface area contributed by atoms with Gasteiger partial charge in [-0.05, 0) is 36.8 Å². The molecule has 0 heterocycles. The lowest BCUT2D eigenvalue weighted by atomic mass is 10.2. The van der Waals surface area contributed by atoms with Crippen molar-refractivity contribution in [3.8, 4) is 5.75 Å². The van der Waals surface area contributed by atoms with E-state index in [2.05, 4.69) is 4.99 Å². The van der Waals surface area contributed by atoms with E-state index in [-0.39, 0.29) is 6.61 Å². The van der Waals surface area contributed by atoms with Crippen LogP contribution in [0.15, 0.2) is 47.5 Å². The van der Waals surface area contributed by atoms with Crippen molar-refractivity contribution in [2.75, 3.05) is 6.61 Å². The van der Waals surface area contributed by atoms with E-state index in [1.165, 1.54) is 0 Å². The largest absolute Gasteiger partial charge is 0.481 e. The number of benzene rings is 2. The Balaban J connectivity index is 2.24. The van der Waals surface area contributed by atoms with Crippen LogP contribution in [0.5, 0.6) is 5.75 Å². The van der Waals surface area contributed by atoms with Gasteiger partial charge in [0.15, 0.2) is 6.61 Å². The number of carbonyl (C=O) groups is 1. The molecular weight excluding hydrogens is 290 g/mol. The van der Waals surface area contributed by atoms with Crippen LogP contribution in [0.25, 0.3) is 0 Å². The van der Waals surface area contributed by atoms with Crippen LogP contribution < -0.4 is 4.74 Å². The minimum absolute atomic E-state index is 0.388. The molecule has 0 aromatic heterocycles. The monoisotopic (exact) mass is 303 g/mol. The molecule has 0 fully saturated rings. The van der Waals surface area contributed by atoms with E-state index in [1.807, 2.05) is 19.1 Å². The average molecular weight is 304 g/mol. The van der Waals surface area contributed by atoms with Gasteiger partial charge in [-0.25, -0.2) is 4.79 Å². The summed E-state index contributed by atoms with van der Waals surface area (Å²) in [6.45, 7) is 1.55. The molecule has 0 spiro atoms. The molecule has 0 aliphatic carbocycles. The van der Waals surface area contributed by atoms with Crippen LogP contribution in [0.2, 0.25) is 5.02 Å². The average Bonchev–Trinajstić information content (AvgIpc) is 2.47. The number of hydrogen-bond acceptors (Lipinski definition) is 3. The summed E-state index contributed by atoms with van der Waals surface area (Å²) in [6, 6.07) is 12.6. The molecule has 21 heavy (non-hydrogen) atoms. The van der Waals surface area contributed by atoms with Gasteiger partial charge in [0, 0.05) is 16.8 Å². The molecule has 0 aliphatic heterocycles. The highest BCUT2D eigenvalue weighted by molar-refractivity contribution is 6.30. The first-order valence-corrected chi connectivity index (χ1v) is 6.68. The third kappa shape index (κ3) is 4.33. The Hall–Kier alpha value is -2.33. The molecule has 2 rings (SSSR count). The van der Waals surface area contributed by atoms with Gasteiger partial charge in [0.05, 0.1) is 5.69 Å². The van der Waals surface area contributed by atoms with Crippen LogP contribution >= 0.6 is 11.6 Å². The molecular formula is C16H14ClNO3. The van der Waals surface area contributed by atoms with Gasteiger partial charge in [0.25, 0.3) is 0 Å². The van der Waals surface area contributed by atoms with Gasteiger partial charge in [-0.15, -0.1) is 0 Å². The molecule has 0 radical (unpaired) electrons. The smallest absolute Gasteiger partial charge is 0.341 e. The predicted molar refractivity (Wildman–Crippen MR) is 83.0 cm³/mol. The molecule has 0 bridgehead atoms. The van der Waals surface area contributed by atoms with Crippen molar-refractivity contribution < 1.29 is 14.6 Å². The number of nitrogens with zero attached hydrogens (tertiary/aromatic N) is 1. The number of halogens is 1. The van der Waals surface area contributed by atoms with E-state index in [4.69, 9.17) is 21.4 Å². The second-order valence-electron chi connectivity index (χ2n) is 4.41. The van der Waals surface area contributed by atoms with Gasteiger partial charge >= 0.3 is 5.97 Å². The van der Waals surface area contributed by atoms with Crippen LogP contribution in [0.1, 0.15) is 11.1 Å². The summed E-state index contributed by atoms with van der Waals surface area (Å²) in [6.07, 6.45) is 1.63. The van der Waals surface area contributed by atoms with Gasteiger partial charge in [0.2, 0.25) is 0 Å². The van der Waals surface area contributed by atoms with E-state index in [1.54, 1.807) is 36.5 Å². The van der Waals surface area contributed by atoms with Gasteiger partial charge in [-0.1, -0.05) is 29.8 Å². The summed E-state index contributed by atoms with van der Waals surface area (Å²) in [7, 11) is 0. The summed E-state index contributed by atoms with van der Waals surface area (Å²) in [5, 5.41) is 9.28. The molecule has 0 atom stereocenters. The van der Waals surface area contributed by atoms with E-state index in [9.17, 15) is 4.79 Å². The van der Waals surface area contributed by atoms with Crippen molar-refractivity contribution in [2.24, 2.45) is 4.99 Å². The predicted octanol–water partition coefficient (Wildman–Crippen LogP) is 3.86. The summed E-state index contributed by atoms with van der Waals surface area (Å²) in [5.41, 5.74) is 2.47. The number of aryl methyl sites for hydroxylation is 1. The zero-order valence-corrected chi connectivity index (χ0v) is 12.2. The molecule has 5 heteroatoms. The van der Waals surface area contributed by atoms with Crippen LogP contribution in [0.3, 0.4) is 0 Å². The topological polar surface area (TPSA) is 58.9 Å². The molecule has 2 aromatic rings. The second kappa shape index (κ2) is 6.90. The zero-order valence-electron chi connectivity index (χ0n) is 11.4. The maximum absolute atomic E-state index is 10.6. The quantitative estimate of drug-likeness (QED) is 0.853. The van der Waals surface area contributed by atoms with Crippen LogP contribution in [0, 0.1) is 6.92 Å². The van der Waals surface area contributed by atoms with Crippen molar-refractivity contribution in [2.45, 2.75) is 6.92 Å². The fourth-order valence-corrected chi connectivity index (χ4v) is 1.89. The van der Waals surface area contributed by atoms with Crippen molar-refractivity contribution in [3.63, 3.8) is 0 Å². The molecule has 0 saturated carbocycles. The summed E-state index contributed by atoms with van der Waals surface area (Å²) >= 11 is 5.95. The number of para-hydroxylation sites is 1. The minimum atomic E-state index is -1.02. The Kier molecular flexibility index (Phi) is 4.95. The first-order valence-electron chi connectivity index (χ1n) is 6.30. The lowest BCUT2D eigenvalue weighted by Gasteiger charge is -2.06. The number of carboxylic acids is 1.